The van der Waals surface area contributed by atoms with Crippen LogP contribution in [0.5, 0.6) is 0 Å². The summed E-state index contributed by atoms with van der Waals surface area (Å²) in [6, 6.07) is 0.266. The Morgan fingerprint density at radius 3 is 2.85 bits per heavy atom. The second-order valence-electron chi connectivity index (χ2n) is 5.80. The van der Waals surface area contributed by atoms with E-state index in [1.807, 2.05) is 13.8 Å². The smallest absolute Gasteiger partial charge is 0.293 e. The largest absolute Gasteiger partial charge is 0.385 e. The van der Waals surface area contributed by atoms with Crippen molar-refractivity contribution in [3.05, 3.63) is 22.7 Å². The number of nitrogens with one attached hydrogen (secondary N) is 1. The summed E-state index contributed by atoms with van der Waals surface area (Å²) in [5, 5.41) is 2.64. The molecule has 1 aromatic rings. The molecular formula is C14H21N3O3. The van der Waals surface area contributed by atoms with Crippen LogP contribution in [0.15, 0.2) is 17.2 Å². The number of methoxy groups -OCH3 is 1. The molecule has 1 aromatic heterocycles. The highest BCUT2D eigenvalue weighted by atomic mass is 16.5. The molecule has 6 nitrogen and oxygen atoms in total. The second-order valence-corrected chi connectivity index (χ2v) is 5.80. The summed E-state index contributed by atoms with van der Waals surface area (Å²) in [5.41, 5.74) is -0.837. The predicted octanol–water partition coefficient (Wildman–Crippen LogP) is 1.58. The maximum absolute atomic E-state index is 12.2. The number of amides is 1. The van der Waals surface area contributed by atoms with Crippen LogP contribution in [0.1, 0.15) is 39.2 Å². The van der Waals surface area contributed by atoms with Crippen LogP contribution in [0.3, 0.4) is 0 Å². The Labute approximate surface area is 118 Å². The predicted molar refractivity (Wildman–Crippen MR) is 75.7 cm³/mol. The third-order valence-corrected chi connectivity index (χ3v) is 3.59. The van der Waals surface area contributed by atoms with Crippen molar-refractivity contribution in [3.63, 3.8) is 0 Å². The number of hydrogen-bond donors (Lipinski definition) is 1. The van der Waals surface area contributed by atoms with Gasteiger partial charge in [-0.25, -0.2) is 4.98 Å². The summed E-state index contributed by atoms with van der Waals surface area (Å²) in [5.74, 6) is -0.109. The van der Waals surface area contributed by atoms with E-state index in [1.165, 1.54) is 0 Å². The Kier molecular flexibility index (Phi) is 4.23. The lowest BCUT2D eigenvalue weighted by atomic mass is 9.88. The fourth-order valence-corrected chi connectivity index (χ4v) is 1.90. The molecule has 1 aliphatic carbocycles. The number of carbonyl (C=O) groups is 1. The fourth-order valence-electron chi connectivity index (χ4n) is 1.90. The average molecular weight is 279 g/mol. The zero-order valence-electron chi connectivity index (χ0n) is 12.2. The molecule has 1 saturated carbocycles. The summed E-state index contributed by atoms with van der Waals surface area (Å²) >= 11 is 0. The summed E-state index contributed by atoms with van der Waals surface area (Å²) in [6.45, 7) is 4.14. The van der Waals surface area contributed by atoms with Gasteiger partial charge in [-0.05, 0) is 19.3 Å². The fraction of sp³-hybridized carbons (Fsp3) is 0.643. The van der Waals surface area contributed by atoms with Crippen LogP contribution in [0.4, 0.5) is 5.82 Å². The van der Waals surface area contributed by atoms with Gasteiger partial charge in [0.2, 0.25) is 5.91 Å². The molecule has 1 fully saturated rings. The number of rotatable bonds is 6. The van der Waals surface area contributed by atoms with Gasteiger partial charge in [0, 0.05) is 37.6 Å². The van der Waals surface area contributed by atoms with E-state index in [4.69, 9.17) is 4.74 Å². The molecule has 1 N–H and O–H groups in total. The zero-order chi connectivity index (χ0) is 14.8. The Hall–Kier alpha value is -1.69. The molecule has 0 bridgehead atoms. The number of aromatic nitrogens is 2. The van der Waals surface area contributed by atoms with Gasteiger partial charge in [0.05, 0.1) is 0 Å². The Bertz CT molecular complexity index is 547. The van der Waals surface area contributed by atoms with Crippen molar-refractivity contribution in [1.29, 1.82) is 0 Å². The molecule has 0 radical (unpaired) electrons. The SMILES string of the molecule is COCCC(C)(C)C(=O)Nc1nccn(C2CC2)c1=O. The molecule has 0 saturated heterocycles. The highest BCUT2D eigenvalue weighted by molar-refractivity contribution is 5.93. The van der Waals surface area contributed by atoms with E-state index in [-0.39, 0.29) is 23.3 Å². The Balaban J connectivity index is 2.11. The summed E-state index contributed by atoms with van der Waals surface area (Å²) in [6.07, 6.45) is 5.83. The minimum atomic E-state index is -0.607. The average Bonchev–Trinajstić information content (AvgIpc) is 3.23. The van der Waals surface area contributed by atoms with Crippen molar-refractivity contribution < 1.29 is 9.53 Å². The molecule has 6 heteroatoms. The molecule has 1 heterocycles. The first kappa shape index (κ1) is 14.7. The lowest BCUT2D eigenvalue weighted by Gasteiger charge is -2.22. The molecule has 0 spiro atoms. The van der Waals surface area contributed by atoms with Gasteiger partial charge in [0.1, 0.15) is 0 Å². The monoisotopic (exact) mass is 279 g/mol. The van der Waals surface area contributed by atoms with E-state index in [0.29, 0.717) is 13.0 Å². The third kappa shape index (κ3) is 3.25. The molecule has 0 aromatic carbocycles. The molecular weight excluding hydrogens is 258 g/mol. The van der Waals surface area contributed by atoms with E-state index in [0.717, 1.165) is 12.8 Å². The third-order valence-electron chi connectivity index (χ3n) is 3.59. The van der Waals surface area contributed by atoms with E-state index in [1.54, 1.807) is 24.1 Å². The number of ether oxygens (including phenoxy) is 1. The maximum atomic E-state index is 12.2. The molecule has 0 unspecified atom stereocenters. The van der Waals surface area contributed by atoms with E-state index < -0.39 is 5.41 Å². The number of anilines is 1. The first-order valence-electron chi connectivity index (χ1n) is 6.83. The first-order chi connectivity index (χ1) is 9.45. The van der Waals surface area contributed by atoms with Crippen LogP contribution in [-0.2, 0) is 9.53 Å². The van der Waals surface area contributed by atoms with Crippen molar-refractivity contribution in [1.82, 2.24) is 9.55 Å². The maximum Gasteiger partial charge on any atom is 0.293 e. The minimum absolute atomic E-state index is 0.106. The highest BCUT2D eigenvalue weighted by Gasteiger charge is 2.29. The van der Waals surface area contributed by atoms with Crippen molar-refractivity contribution in [2.45, 2.75) is 39.2 Å². The lowest BCUT2D eigenvalue weighted by molar-refractivity contribution is -0.124. The quantitative estimate of drug-likeness (QED) is 0.858. The molecule has 0 atom stereocenters. The van der Waals surface area contributed by atoms with Gasteiger partial charge in [0.15, 0.2) is 5.82 Å². The van der Waals surface area contributed by atoms with Crippen LogP contribution in [0, 0.1) is 5.41 Å². The van der Waals surface area contributed by atoms with Crippen LogP contribution < -0.4 is 10.9 Å². The van der Waals surface area contributed by atoms with Gasteiger partial charge in [-0.1, -0.05) is 13.8 Å². The van der Waals surface area contributed by atoms with E-state index in [2.05, 4.69) is 10.3 Å². The molecule has 2 rings (SSSR count). The first-order valence-corrected chi connectivity index (χ1v) is 6.83. The Morgan fingerprint density at radius 1 is 1.55 bits per heavy atom. The van der Waals surface area contributed by atoms with Crippen molar-refractivity contribution >= 4 is 11.7 Å². The number of hydrogen-bond acceptors (Lipinski definition) is 4. The molecule has 1 aliphatic rings. The van der Waals surface area contributed by atoms with Crippen molar-refractivity contribution in [2.24, 2.45) is 5.41 Å². The van der Waals surface area contributed by atoms with Crippen LogP contribution in [0.25, 0.3) is 0 Å². The molecule has 0 aliphatic heterocycles. The van der Waals surface area contributed by atoms with Gasteiger partial charge >= 0.3 is 0 Å². The summed E-state index contributed by atoms with van der Waals surface area (Å²) < 4.78 is 6.64. The topological polar surface area (TPSA) is 73.2 Å². The number of carbonyl (C=O) groups excluding carboxylic acids is 1. The summed E-state index contributed by atoms with van der Waals surface area (Å²) in [4.78, 5) is 28.4. The lowest BCUT2D eigenvalue weighted by Crippen LogP contribution is -2.35. The van der Waals surface area contributed by atoms with Crippen LogP contribution in [-0.4, -0.2) is 29.2 Å². The number of nitrogens with zero attached hydrogens (tertiary/aromatic N) is 2. The Morgan fingerprint density at radius 2 is 2.25 bits per heavy atom. The van der Waals surface area contributed by atoms with Crippen molar-refractivity contribution in [2.75, 3.05) is 19.0 Å². The van der Waals surface area contributed by atoms with Crippen LogP contribution >= 0.6 is 0 Å². The van der Waals surface area contributed by atoms with Gasteiger partial charge in [-0.15, -0.1) is 0 Å². The summed E-state index contributed by atoms with van der Waals surface area (Å²) in [7, 11) is 1.60. The van der Waals surface area contributed by atoms with E-state index in [9.17, 15) is 9.59 Å². The van der Waals surface area contributed by atoms with Gasteiger partial charge in [-0.3, -0.25) is 9.59 Å². The minimum Gasteiger partial charge on any atom is -0.385 e. The second kappa shape index (κ2) is 5.75. The van der Waals surface area contributed by atoms with Gasteiger partial charge in [0.25, 0.3) is 5.56 Å². The molecule has 20 heavy (non-hydrogen) atoms. The molecule has 110 valence electrons. The highest BCUT2D eigenvalue weighted by Crippen LogP contribution is 2.33. The zero-order valence-corrected chi connectivity index (χ0v) is 12.2. The normalized spacial score (nSPS) is 15.2. The van der Waals surface area contributed by atoms with Gasteiger partial charge < -0.3 is 14.6 Å². The van der Waals surface area contributed by atoms with Gasteiger partial charge in [-0.2, -0.15) is 0 Å². The molecule has 1 amide bonds. The van der Waals surface area contributed by atoms with Crippen molar-refractivity contribution in [3.8, 4) is 0 Å². The van der Waals surface area contributed by atoms with E-state index >= 15 is 0 Å². The van der Waals surface area contributed by atoms with Crippen LogP contribution in [0.2, 0.25) is 0 Å². The standard InChI is InChI=1S/C14H21N3O3/c1-14(2,6-9-20-3)13(19)16-11-12(18)17(8-7-15-11)10-4-5-10/h7-8,10H,4-6,9H2,1-3H3,(H,15,16,19).